The quantitative estimate of drug-likeness (QED) is 0.401. The summed E-state index contributed by atoms with van der Waals surface area (Å²) in [5.41, 5.74) is -0.910. The van der Waals surface area contributed by atoms with E-state index in [1.165, 1.54) is 21.9 Å². The molecule has 182 valence electrons. The summed E-state index contributed by atoms with van der Waals surface area (Å²) < 4.78 is 18.9. The monoisotopic (exact) mass is 479 g/mol. The van der Waals surface area contributed by atoms with Gasteiger partial charge in [0.05, 0.1) is 18.8 Å². The van der Waals surface area contributed by atoms with Gasteiger partial charge in [-0.25, -0.2) is 4.39 Å². The van der Waals surface area contributed by atoms with Gasteiger partial charge in [0.25, 0.3) is 17.6 Å². The molecule has 9 heteroatoms. The van der Waals surface area contributed by atoms with E-state index in [1.54, 1.807) is 31.3 Å². The fourth-order valence-electron chi connectivity index (χ4n) is 5.30. The van der Waals surface area contributed by atoms with Crippen molar-refractivity contribution >= 4 is 29.0 Å². The Bertz CT molecular complexity index is 1220. The summed E-state index contributed by atoms with van der Waals surface area (Å²) in [7, 11) is 1.58. The van der Waals surface area contributed by atoms with Crippen LogP contribution in [0.2, 0.25) is 0 Å². The van der Waals surface area contributed by atoms with Gasteiger partial charge in [-0.15, -0.1) is 0 Å². The van der Waals surface area contributed by atoms with E-state index < -0.39 is 34.7 Å². The van der Waals surface area contributed by atoms with Crippen LogP contribution in [-0.2, 0) is 24.7 Å². The number of para-hydroxylation sites is 1. The van der Waals surface area contributed by atoms with Gasteiger partial charge in [-0.1, -0.05) is 18.2 Å². The Balaban J connectivity index is 1.63. The first-order valence-electron chi connectivity index (χ1n) is 11.6. The molecule has 35 heavy (non-hydrogen) atoms. The van der Waals surface area contributed by atoms with E-state index in [9.17, 15) is 23.9 Å². The third kappa shape index (κ3) is 3.54. The number of likely N-dealkylation sites (N-methyl/N-ethyl adjacent to an activating group) is 1. The molecule has 2 saturated heterocycles. The van der Waals surface area contributed by atoms with Gasteiger partial charge in [-0.05, 0) is 36.8 Å². The van der Waals surface area contributed by atoms with Gasteiger partial charge >= 0.3 is 0 Å². The summed E-state index contributed by atoms with van der Waals surface area (Å²) >= 11 is 0. The number of aliphatic hydroxyl groups excluding tert-OH is 1. The summed E-state index contributed by atoms with van der Waals surface area (Å²) in [4.78, 5) is 45.6. The first kappa shape index (κ1) is 23.2. The van der Waals surface area contributed by atoms with Crippen LogP contribution in [0.4, 0.5) is 10.1 Å². The van der Waals surface area contributed by atoms with Gasteiger partial charge in [-0.2, -0.15) is 0 Å². The van der Waals surface area contributed by atoms with Crippen LogP contribution in [0.1, 0.15) is 17.5 Å². The fourth-order valence-corrected chi connectivity index (χ4v) is 5.30. The number of rotatable bonds is 5. The molecular formula is C26H26FN3O5. The Labute approximate surface area is 202 Å². The van der Waals surface area contributed by atoms with Crippen molar-refractivity contribution in [2.24, 2.45) is 0 Å². The topological polar surface area (TPSA) is 90.4 Å². The number of carbonyl (C=O) groups is 3. The number of ketones is 1. The molecule has 2 aromatic rings. The third-order valence-corrected chi connectivity index (χ3v) is 7.02. The van der Waals surface area contributed by atoms with Crippen molar-refractivity contribution in [3.8, 4) is 0 Å². The van der Waals surface area contributed by atoms with Gasteiger partial charge in [0, 0.05) is 50.0 Å². The molecule has 3 heterocycles. The summed E-state index contributed by atoms with van der Waals surface area (Å²) in [6.45, 7) is 3.65. The van der Waals surface area contributed by atoms with Gasteiger partial charge < -0.3 is 19.6 Å². The van der Waals surface area contributed by atoms with Gasteiger partial charge in [0.1, 0.15) is 11.6 Å². The standard InChI is InChI=1S/C26H26FN3O5/c1-28-20-6-3-2-5-19(20)26(25(28)34)21(22(31)17-7-9-18(27)10-8-17)23(32)24(33)30(26)12-4-11-29-13-15-35-16-14-29/h2-3,5-10,31H,4,11-16H2,1H3/b22-21+. The highest BCUT2D eigenvalue weighted by atomic mass is 19.1. The Morgan fingerprint density at radius 1 is 1.03 bits per heavy atom. The Morgan fingerprint density at radius 2 is 1.71 bits per heavy atom. The number of morpholine rings is 1. The lowest BCUT2D eigenvalue weighted by atomic mass is 9.82. The number of ether oxygens (including phenoxy) is 1. The number of hydrogen-bond acceptors (Lipinski definition) is 6. The van der Waals surface area contributed by atoms with Gasteiger partial charge in [-0.3, -0.25) is 19.3 Å². The van der Waals surface area contributed by atoms with Crippen molar-refractivity contribution in [1.82, 2.24) is 9.80 Å². The molecule has 1 atom stereocenters. The van der Waals surface area contributed by atoms with Crippen LogP contribution in [0.3, 0.4) is 0 Å². The zero-order chi connectivity index (χ0) is 24.7. The lowest BCUT2D eigenvalue weighted by molar-refractivity contribution is -0.143. The maximum absolute atomic E-state index is 13.9. The normalized spacial score (nSPS) is 24.0. The number of aliphatic hydroxyl groups is 1. The minimum atomic E-state index is -1.79. The molecule has 2 aromatic carbocycles. The third-order valence-electron chi connectivity index (χ3n) is 7.02. The molecule has 1 spiro atoms. The van der Waals surface area contributed by atoms with E-state index >= 15 is 0 Å². The van der Waals surface area contributed by atoms with Gasteiger partial charge in [0.15, 0.2) is 5.54 Å². The Hall–Kier alpha value is -3.56. The van der Waals surface area contributed by atoms with E-state index in [0.29, 0.717) is 37.4 Å². The van der Waals surface area contributed by atoms with Crippen molar-refractivity contribution < 1.29 is 28.6 Å². The number of hydrogen-bond donors (Lipinski definition) is 1. The molecule has 5 rings (SSSR count). The Kier molecular flexibility index (Phi) is 5.90. The van der Waals surface area contributed by atoms with Crippen LogP contribution < -0.4 is 4.90 Å². The molecule has 3 aliphatic heterocycles. The van der Waals surface area contributed by atoms with Crippen molar-refractivity contribution in [2.45, 2.75) is 12.0 Å². The number of benzene rings is 2. The van der Waals surface area contributed by atoms with E-state index in [1.807, 2.05) is 0 Å². The van der Waals surface area contributed by atoms with E-state index in [4.69, 9.17) is 4.74 Å². The Morgan fingerprint density at radius 3 is 2.43 bits per heavy atom. The average Bonchev–Trinajstić information content (AvgIpc) is 3.23. The number of carbonyl (C=O) groups excluding carboxylic acids is 3. The first-order chi connectivity index (χ1) is 16.9. The zero-order valence-electron chi connectivity index (χ0n) is 19.4. The molecule has 0 radical (unpaired) electrons. The second-order valence-electron chi connectivity index (χ2n) is 8.92. The smallest absolute Gasteiger partial charge is 0.296 e. The van der Waals surface area contributed by atoms with Crippen LogP contribution in [0.5, 0.6) is 0 Å². The lowest BCUT2D eigenvalue weighted by Gasteiger charge is -2.35. The number of Topliss-reactive ketones (excluding diaryl/α,β-unsaturated/α-hetero) is 1. The number of nitrogens with zero attached hydrogens (tertiary/aromatic N) is 3. The molecular weight excluding hydrogens is 453 g/mol. The van der Waals surface area contributed by atoms with E-state index in [2.05, 4.69) is 4.90 Å². The molecule has 0 aliphatic carbocycles. The van der Waals surface area contributed by atoms with Crippen molar-refractivity contribution in [2.75, 3.05) is 51.3 Å². The van der Waals surface area contributed by atoms with Crippen LogP contribution in [-0.4, -0.2) is 78.9 Å². The molecule has 3 aliphatic rings. The molecule has 2 fully saturated rings. The summed E-state index contributed by atoms with van der Waals surface area (Å²) in [5.74, 6) is -3.28. The maximum atomic E-state index is 13.9. The largest absolute Gasteiger partial charge is 0.507 e. The highest BCUT2D eigenvalue weighted by Crippen LogP contribution is 2.53. The fraction of sp³-hybridized carbons (Fsp3) is 0.346. The lowest BCUT2D eigenvalue weighted by Crippen LogP contribution is -2.52. The van der Waals surface area contributed by atoms with Crippen molar-refractivity contribution in [3.05, 3.63) is 71.0 Å². The number of fused-ring (bicyclic) bond motifs is 2. The summed E-state index contributed by atoms with van der Waals surface area (Å²) in [5, 5.41) is 11.3. The van der Waals surface area contributed by atoms with E-state index in [0.717, 1.165) is 25.2 Å². The van der Waals surface area contributed by atoms with Crippen LogP contribution in [0, 0.1) is 5.82 Å². The first-order valence-corrected chi connectivity index (χ1v) is 11.6. The van der Waals surface area contributed by atoms with Crippen LogP contribution in [0.25, 0.3) is 5.76 Å². The van der Waals surface area contributed by atoms with Crippen LogP contribution in [0.15, 0.2) is 54.1 Å². The molecule has 2 amide bonds. The molecule has 0 saturated carbocycles. The van der Waals surface area contributed by atoms with Crippen molar-refractivity contribution in [1.29, 1.82) is 0 Å². The SMILES string of the molecule is CN1C(=O)C2(/C(=C(/O)c3ccc(F)cc3)C(=O)C(=O)N2CCCN2CCOCC2)c2ccccc21. The number of halogens is 1. The number of likely N-dealkylation sites (tertiary alicyclic amines) is 1. The van der Waals surface area contributed by atoms with E-state index in [-0.39, 0.29) is 17.7 Å². The van der Waals surface area contributed by atoms with Gasteiger partial charge in [0.2, 0.25) is 0 Å². The molecule has 1 N–H and O–H groups in total. The predicted octanol–water partition coefficient (Wildman–Crippen LogP) is 2.10. The highest BCUT2D eigenvalue weighted by molar-refractivity contribution is 6.50. The summed E-state index contributed by atoms with van der Waals surface area (Å²) in [6.07, 6.45) is 0.532. The minimum Gasteiger partial charge on any atom is -0.507 e. The molecule has 0 bridgehead atoms. The zero-order valence-corrected chi connectivity index (χ0v) is 19.4. The van der Waals surface area contributed by atoms with Crippen LogP contribution >= 0.6 is 0 Å². The number of amides is 2. The second kappa shape index (κ2) is 8.90. The molecule has 0 aromatic heterocycles. The maximum Gasteiger partial charge on any atom is 0.296 e. The predicted molar refractivity (Wildman–Crippen MR) is 126 cm³/mol. The molecule has 1 unspecified atom stereocenters. The second-order valence-corrected chi connectivity index (χ2v) is 8.92. The number of anilines is 1. The highest BCUT2D eigenvalue weighted by Gasteiger charge is 2.66. The molecule has 8 nitrogen and oxygen atoms in total. The van der Waals surface area contributed by atoms with Crippen molar-refractivity contribution in [3.63, 3.8) is 0 Å². The average molecular weight is 480 g/mol. The minimum absolute atomic E-state index is 0.149. The summed E-state index contributed by atoms with van der Waals surface area (Å²) in [6, 6.07) is 11.9.